The Labute approximate surface area is 117 Å². The molecule has 20 heavy (non-hydrogen) atoms. The summed E-state index contributed by atoms with van der Waals surface area (Å²) in [5.41, 5.74) is 7.07. The fraction of sp³-hybridized carbons (Fsp3) is 0.429. The van der Waals surface area contributed by atoms with E-state index in [1.54, 1.807) is 25.1 Å². The van der Waals surface area contributed by atoms with Gasteiger partial charge in [0.25, 0.3) is 0 Å². The van der Waals surface area contributed by atoms with Crippen LogP contribution in [0.2, 0.25) is 0 Å². The van der Waals surface area contributed by atoms with Gasteiger partial charge in [-0.1, -0.05) is 6.07 Å². The van der Waals surface area contributed by atoms with E-state index < -0.39 is 5.91 Å². The molecule has 6 heteroatoms. The number of hydrogen-bond donors (Lipinski definition) is 3. The fourth-order valence-corrected chi connectivity index (χ4v) is 2.15. The summed E-state index contributed by atoms with van der Waals surface area (Å²) in [6, 6.07) is 5.15. The Hall–Kier alpha value is -1.92. The third-order valence-electron chi connectivity index (χ3n) is 3.22. The number of rotatable bonds is 4. The van der Waals surface area contributed by atoms with Crippen LogP contribution in [0, 0.1) is 6.92 Å². The standard InChI is InChI=1S/C14H19N3O3/c1-9-2-3-10(6-12(9)14(15)19)17-13(18)7-11-8-20-5-4-16-11/h2-3,6,11,16H,4-5,7-8H2,1H3,(H2,15,19)(H,17,18). The van der Waals surface area contributed by atoms with Crippen molar-refractivity contribution in [1.82, 2.24) is 5.32 Å². The number of benzene rings is 1. The van der Waals surface area contributed by atoms with Gasteiger partial charge in [0, 0.05) is 30.3 Å². The highest BCUT2D eigenvalue weighted by Crippen LogP contribution is 2.15. The Morgan fingerprint density at radius 3 is 2.95 bits per heavy atom. The van der Waals surface area contributed by atoms with E-state index in [0.29, 0.717) is 30.9 Å². The van der Waals surface area contributed by atoms with Crippen LogP contribution in [0.5, 0.6) is 0 Å². The van der Waals surface area contributed by atoms with Crippen LogP contribution >= 0.6 is 0 Å². The van der Waals surface area contributed by atoms with E-state index in [1.807, 2.05) is 0 Å². The fourth-order valence-electron chi connectivity index (χ4n) is 2.15. The molecule has 1 fully saturated rings. The lowest BCUT2D eigenvalue weighted by Gasteiger charge is -2.23. The van der Waals surface area contributed by atoms with Gasteiger partial charge in [-0.3, -0.25) is 9.59 Å². The molecule has 108 valence electrons. The Morgan fingerprint density at radius 1 is 1.50 bits per heavy atom. The van der Waals surface area contributed by atoms with Crippen molar-refractivity contribution in [2.75, 3.05) is 25.1 Å². The maximum Gasteiger partial charge on any atom is 0.249 e. The lowest BCUT2D eigenvalue weighted by molar-refractivity contribution is -0.117. The Morgan fingerprint density at radius 2 is 2.30 bits per heavy atom. The summed E-state index contributed by atoms with van der Waals surface area (Å²) in [5, 5.41) is 5.98. The third kappa shape index (κ3) is 3.79. The second kappa shape index (κ2) is 6.49. The first kappa shape index (κ1) is 14.5. The van der Waals surface area contributed by atoms with Crippen molar-refractivity contribution >= 4 is 17.5 Å². The van der Waals surface area contributed by atoms with Crippen molar-refractivity contribution in [3.63, 3.8) is 0 Å². The summed E-state index contributed by atoms with van der Waals surface area (Å²) < 4.78 is 5.30. The summed E-state index contributed by atoms with van der Waals surface area (Å²) in [6.07, 6.45) is 0.333. The molecule has 2 amide bonds. The van der Waals surface area contributed by atoms with Crippen LogP contribution in [0.1, 0.15) is 22.3 Å². The Balaban J connectivity index is 1.96. The minimum absolute atomic E-state index is 0.0322. The topological polar surface area (TPSA) is 93.4 Å². The minimum atomic E-state index is -0.499. The molecule has 0 aliphatic carbocycles. The molecule has 1 aliphatic heterocycles. The smallest absolute Gasteiger partial charge is 0.249 e. The number of amides is 2. The largest absolute Gasteiger partial charge is 0.378 e. The number of carbonyl (C=O) groups is 2. The number of nitrogens with one attached hydrogen (secondary N) is 2. The van der Waals surface area contributed by atoms with Crippen molar-refractivity contribution in [3.8, 4) is 0 Å². The monoisotopic (exact) mass is 277 g/mol. The van der Waals surface area contributed by atoms with Crippen LogP contribution in [0.15, 0.2) is 18.2 Å². The van der Waals surface area contributed by atoms with Gasteiger partial charge in [0.2, 0.25) is 11.8 Å². The molecular formula is C14H19N3O3. The van der Waals surface area contributed by atoms with Gasteiger partial charge in [0.05, 0.1) is 13.2 Å². The van der Waals surface area contributed by atoms with Gasteiger partial charge in [-0.05, 0) is 24.6 Å². The number of morpholine rings is 1. The van der Waals surface area contributed by atoms with Crippen LogP contribution in [-0.4, -0.2) is 37.6 Å². The first-order valence-electron chi connectivity index (χ1n) is 6.57. The molecule has 2 rings (SSSR count). The lowest BCUT2D eigenvalue weighted by atomic mass is 10.1. The summed E-state index contributed by atoms with van der Waals surface area (Å²) in [4.78, 5) is 23.2. The van der Waals surface area contributed by atoms with Crippen molar-refractivity contribution in [2.45, 2.75) is 19.4 Å². The summed E-state index contributed by atoms with van der Waals surface area (Å²) >= 11 is 0. The SMILES string of the molecule is Cc1ccc(NC(=O)CC2COCCN2)cc1C(N)=O. The highest BCUT2D eigenvalue weighted by Gasteiger charge is 2.17. The lowest BCUT2D eigenvalue weighted by Crippen LogP contribution is -2.43. The summed E-state index contributed by atoms with van der Waals surface area (Å²) in [5.74, 6) is -0.617. The van der Waals surface area contributed by atoms with Crippen molar-refractivity contribution in [2.24, 2.45) is 5.73 Å². The second-order valence-corrected chi connectivity index (χ2v) is 4.87. The van der Waals surface area contributed by atoms with Crippen LogP contribution < -0.4 is 16.4 Å². The zero-order chi connectivity index (χ0) is 14.5. The highest BCUT2D eigenvalue weighted by molar-refractivity contribution is 5.97. The van der Waals surface area contributed by atoms with E-state index in [2.05, 4.69) is 10.6 Å². The van der Waals surface area contributed by atoms with E-state index >= 15 is 0 Å². The average molecular weight is 277 g/mol. The molecule has 1 unspecified atom stereocenters. The third-order valence-corrected chi connectivity index (χ3v) is 3.22. The molecule has 1 aromatic carbocycles. The highest BCUT2D eigenvalue weighted by atomic mass is 16.5. The van der Waals surface area contributed by atoms with Crippen LogP contribution in [0.4, 0.5) is 5.69 Å². The summed E-state index contributed by atoms with van der Waals surface area (Å²) in [6.45, 7) is 3.77. The van der Waals surface area contributed by atoms with Gasteiger partial charge in [0.15, 0.2) is 0 Å². The van der Waals surface area contributed by atoms with Gasteiger partial charge in [0.1, 0.15) is 0 Å². The minimum Gasteiger partial charge on any atom is -0.378 e. The first-order chi connectivity index (χ1) is 9.56. The van der Waals surface area contributed by atoms with Gasteiger partial charge < -0.3 is 21.1 Å². The molecule has 6 nitrogen and oxygen atoms in total. The number of hydrogen-bond acceptors (Lipinski definition) is 4. The molecule has 1 atom stereocenters. The van der Waals surface area contributed by atoms with E-state index in [9.17, 15) is 9.59 Å². The van der Waals surface area contributed by atoms with E-state index in [0.717, 1.165) is 12.1 Å². The molecule has 4 N–H and O–H groups in total. The van der Waals surface area contributed by atoms with Gasteiger partial charge >= 0.3 is 0 Å². The predicted molar refractivity (Wildman–Crippen MR) is 75.6 cm³/mol. The predicted octanol–water partition coefficient (Wildman–Crippen LogP) is 0.411. The van der Waals surface area contributed by atoms with E-state index in [4.69, 9.17) is 10.5 Å². The Bertz CT molecular complexity index is 510. The molecule has 0 spiro atoms. The van der Waals surface area contributed by atoms with Crippen molar-refractivity contribution in [3.05, 3.63) is 29.3 Å². The normalized spacial score (nSPS) is 18.6. The van der Waals surface area contributed by atoms with Crippen LogP contribution in [0.3, 0.4) is 0 Å². The van der Waals surface area contributed by atoms with Crippen molar-refractivity contribution in [1.29, 1.82) is 0 Å². The molecule has 1 saturated heterocycles. The maximum atomic E-state index is 11.9. The second-order valence-electron chi connectivity index (χ2n) is 4.87. The quantitative estimate of drug-likeness (QED) is 0.743. The average Bonchev–Trinajstić information content (AvgIpc) is 2.41. The van der Waals surface area contributed by atoms with Gasteiger partial charge in [-0.2, -0.15) is 0 Å². The molecule has 0 bridgehead atoms. The van der Waals surface area contributed by atoms with Crippen LogP contribution in [0.25, 0.3) is 0 Å². The van der Waals surface area contributed by atoms with E-state index in [-0.39, 0.29) is 11.9 Å². The zero-order valence-electron chi connectivity index (χ0n) is 11.4. The Kier molecular flexibility index (Phi) is 4.70. The molecule has 0 radical (unpaired) electrons. The number of carbonyl (C=O) groups excluding carboxylic acids is 2. The van der Waals surface area contributed by atoms with Crippen molar-refractivity contribution < 1.29 is 14.3 Å². The molecule has 1 aliphatic rings. The van der Waals surface area contributed by atoms with Gasteiger partial charge in [-0.15, -0.1) is 0 Å². The molecule has 1 heterocycles. The number of aryl methyl sites for hydroxylation is 1. The van der Waals surface area contributed by atoms with E-state index in [1.165, 1.54) is 0 Å². The maximum absolute atomic E-state index is 11.9. The first-order valence-corrected chi connectivity index (χ1v) is 6.57. The molecule has 0 aromatic heterocycles. The number of primary amides is 1. The molecular weight excluding hydrogens is 258 g/mol. The van der Waals surface area contributed by atoms with Crippen LogP contribution in [-0.2, 0) is 9.53 Å². The van der Waals surface area contributed by atoms with Gasteiger partial charge in [-0.25, -0.2) is 0 Å². The number of anilines is 1. The number of ether oxygens (including phenoxy) is 1. The molecule has 1 aromatic rings. The summed E-state index contributed by atoms with van der Waals surface area (Å²) in [7, 11) is 0. The molecule has 0 saturated carbocycles. The number of nitrogens with two attached hydrogens (primary N) is 1. The zero-order valence-corrected chi connectivity index (χ0v) is 11.4.